The van der Waals surface area contributed by atoms with Crippen LogP contribution in [-0.2, 0) is 4.74 Å². The zero-order chi connectivity index (χ0) is 11.0. The molecule has 80 valence electrons. The standard InChI is InChI=1S/C10H18N2O2/c1-4-12(7-5-6-11)10(13)14-8-9(2)3/h9H,4-5,7-8H2,1-3H3. The van der Waals surface area contributed by atoms with E-state index in [1.807, 2.05) is 26.8 Å². The molecule has 1 amide bonds. The number of nitrogens with zero attached hydrogens (tertiary/aromatic N) is 2. The van der Waals surface area contributed by atoms with Gasteiger partial charge < -0.3 is 9.64 Å². The van der Waals surface area contributed by atoms with Crippen LogP contribution in [0.2, 0.25) is 0 Å². The molecule has 0 spiro atoms. The third-order valence-corrected chi connectivity index (χ3v) is 1.67. The molecule has 0 aromatic rings. The number of nitriles is 1. The minimum absolute atomic E-state index is 0.323. The second-order valence-corrected chi connectivity index (χ2v) is 3.46. The van der Waals surface area contributed by atoms with Crippen LogP contribution in [0, 0.1) is 17.2 Å². The Labute approximate surface area is 85.5 Å². The smallest absolute Gasteiger partial charge is 0.409 e. The second-order valence-electron chi connectivity index (χ2n) is 3.46. The summed E-state index contributed by atoms with van der Waals surface area (Å²) in [5.74, 6) is 0.341. The van der Waals surface area contributed by atoms with Gasteiger partial charge in [-0.05, 0) is 12.8 Å². The van der Waals surface area contributed by atoms with E-state index < -0.39 is 0 Å². The first-order valence-electron chi connectivity index (χ1n) is 4.90. The van der Waals surface area contributed by atoms with Gasteiger partial charge in [0.2, 0.25) is 0 Å². The van der Waals surface area contributed by atoms with Crippen LogP contribution >= 0.6 is 0 Å². The van der Waals surface area contributed by atoms with Crippen molar-refractivity contribution in [3.8, 4) is 6.07 Å². The van der Waals surface area contributed by atoms with Gasteiger partial charge in [-0.3, -0.25) is 0 Å². The van der Waals surface area contributed by atoms with Gasteiger partial charge in [0, 0.05) is 13.1 Å². The van der Waals surface area contributed by atoms with E-state index in [9.17, 15) is 4.79 Å². The molecule has 0 saturated carbocycles. The van der Waals surface area contributed by atoms with Gasteiger partial charge in [0.1, 0.15) is 0 Å². The predicted octanol–water partition coefficient (Wildman–Crippen LogP) is 2.01. The molecule has 0 aliphatic rings. The molecular formula is C10H18N2O2. The summed E-state index contributed by atoms with van der Waals surface area (Å²) in [6.07, 6.45) is 0.0291. The van der Waals surface area contributed by atoms with Crippen molar-refractivity contribution in [3.05, 3.63) is 0 Å². The number of hydrogen-bond acceptors (Lipinski definition) is 3. The molecule has 0 N–H and O–H groups in total. The number of carbonyl (C=O) groups excluding carboxylic acids is 1. The molecule has 0 saturated heterocycles. The third kappa shape index (κ3) is 5.41. The zero-order valence-electron chi connectivity index (χ0n) is 9.12. The van der Waals surface area contributed by atoms with Crippen molar-refractivity contribution < 1.29 is 9.53 Å². The Morgan fingerprint density at radius 1 is 1.57 bits per heavy atom. The van der Waals surface area contributed by atoms with E-state index in [1.54, 1.807) is 0 Å². The molecule has 4 nitrogen and oxygen atoms in total. The van der Waals surface area contributed by atoms with Gasteiger partial charge >= 0.3 is 6.09 Å². The fourth-order valence-corrected chi connectivity index (χ4v) is 0.893. The van der Waals surface area contributed by atoms with Crippen LogP contribution in [0.4, 0.5) is 4.79 Å². The maximum Gasteiger partial charge on any atom is 0.409 e. The van der Waals surface area contributed by atoms with Crippen LogP contribution in [0.5, 0.6) is 0 Å². The summed E-state index contributed by atoms with van der Waals surface area (Å²) in [5, 5.41) is 8.38. The average molecular weight is 198 g/mol. The fourth-order valence-electron chi connectivity index (χ4n) is 0.893. The summed E-state index contributed by atoms with van der Waals surface area (Å²) in [4.78, 5) is 12.9. The van der Waals surface area contributed by atoms with Crippen LogP contribution in [0.25, 0.3) is 0 Å². The van der Waals surface area contributed by atoms with Crippen LogP contribution in [0.1, 0.15) is 27.2 Å². The van der Waals surface area contributed by atoms with Crippen LogP contribution in [0.3, 0.4) is 0 Å². The molecule has 0 bridgehead atoms. The van der Waals surface area contributed by atoms with E-state index in [0.29, 0.717) is 32.0 Å². The Morgan fingerprint density at radius 3 is 2.64 bits per heavy atom. The van der Waals surface area contributed by atoms with Crippen LogP contribution in [0.15, 0.2) is 0 Å². The molecule has 0 aromatic carbocycles. The quantitative estimate of drug-likeness (QED) is 0.679. The van der Waals surface area contributed by atoms with Gasteiger partial charge in [-0.25, -0.2) is 4.79 Å². The highest BCUT2D eigenvalue weighted by molar-refractivity contribution is 5.67. The van der Waals surface area contributed by atoms with Crippen molar-refractivity contribution in [2.24, 2.45) is 5.92 Å². The predicted molar refractivity (Wildman–Crippen MR) is 53.7 cm³/mol. The topological polar surface area (TPSA) is 53.3 Å². The number of ether oxygens (including phenoxy) is 1. The van der Waals surface area contributed by atoms with E-state index >= 15 is 0 Å². The van der Waals surface area contributed by atoms with E-state index in [4.69, 9.17) is 10.00 Å². The summed E-state index contributed by atoms with van der Waals surface area (Å²) in [7, 11) is 0. The van der Waals surface area contributed by atoms with Crippen molar-refractivity contribution >= 4 is 6.09 Å². The van der Waals surface area contributed by atoms with Crippen molar-refractivity contribution in [2.75, 3.05) is 19.7 Å². The molecule has 0 atom stereocenters. The summed E-state index contributed by atoms with van der Waals surface area (Å²) < 4.78 is 5.03. The SMILES string of the molecule is CCN(CCC#N)C(=O)OCC(C)C. The monoisotopic (exact) mass is 198 g/mol. The van der Waals surface area contributed by atoms with Gasteiger partial charge in [0.15, 0.2) is 0 Å². The van der Waals surface area contributed by atoms with E-state index in [0.717, 1.165) is 0 Å². The second kappa shape index (κ2) is 7.19. The van der Waals surface area contributed by atoms with Crippen molar-refractivity contribution in [3.63, 3.8) is 0 Å². The normalized spacial score (nSPS) is 9.64. The van der Waals surface area contributed by atoms with Gasteiger partial charge in [0.05, 0.1) is 19.1 Å². The maximum absolute atomic E-state index is 11.4. The number of amides is 1. The van der Waals surface area contributed by atoms with Gasteiger partial charge in [0.25, 0.3) is 0 Å². The average Bonchev–Trinajstić information content (AvgIpc) is 2.16. The largest absolute Gasteiger partial charge is 0.449 e. The maximum atomic E-state index is 11.4. The molecule has 0 fully saturated rings. The molecule has 0 aliphatic heterocycles. The molecule has 0 heterocycles. The van der Waals surface area contributed by atoms with Crippen molar-refractivity contribution in [1.82, 2.24) is 4.90 Å². The van der Waals surface area contributed by atoms with E-state index in [2.05, 4.69) is 0 Å². The Hall–Kier alpha value is -1.24. The minimum atomic E-state index is -0.323. The van der Waals surface area contributed by atoms with E-state index in [1.165, 1.54) is 4.90 Å². The van der Waals surface area contributed by atoms with Crippen LogP contribution in [-0.4, -0.2) is 30.7 Å². The van der Waals surface area contributed by atoms with Gasteiger partial charge in [-0.2, -0.15) is 5.26 Å². The summed E-state index contributed by atoms with van der Waals surface area (Å²) in [5.41, 5.74) is 0. The Kier molecular flexibility index (Phi) is 6.55. The Bertz CT molecular complexity index is 209. The first-order valence-corrected chi connectivity index (χ1v) is 4.90. The molecule has 0 rings (SSSR count). The molecular weight excluding hydrogens is 180 g/mol. The van der Waals surface area contributed by atoms with Crippen molar-refractivity contribution in [1.29, 1.82) is 5.26 Å². The molecule has 14 heavy (non-hydrogen) atoms. The first-order chi connectivity index (χ1) is 6.61. The van der Waals surface area contributed by atoms with Gasteiger partial charge in [-0.15, -0.1) is 0 Å². The molecule has 0 aromatic heterocycles. The first kappa shape index (κ1) is 12.8. The lowest BCUT2D eigenvalue weighted by Gasteiger charge is -2.19. The highest BCUT2D eigenvalue weighted by Crippen LogP contribution is 1.99. The lowest BCUT2D eigenvalue weighted by atomic mass is 10.2. The Balaban J connectivity index is 3.86. The number of hydrogen-bond donors (Lipinski definition) is 0. The van der Waals surface area contributed by atoms with Crippen molar-refractivity contribution in [2.45, 2.75) is 27.2 Å². The number of carbonyl (C=O) groups is 1. The Morgan fingerprint density at radius 2 is 2.21 bits per heavy atom. The molecule has 0 radical (unpaired) electrons. The molecule has 4 heteroatoms. The molecule has 0 unspecified atom stereocenters. The minimum Gasteiger partial charge on any atom is -0.449 e. The lowest BCUT2D eigenvalue weighted by Crippen LogP contribution is -2.32. The van der Waals surface area contributed by atoms with Crippen LogP contribution < -0.4 is 0 Å². The lowest BCUT2D eigenvalue weighted by molar-refractivity contribution is 0.0944. The highest BCUT2D eigenvalue weighted by Gasteiger charge is 2.12. The fraction of sp³-hybridized carbons (Fsp3) is 0.800. The van der Waals surface area contributed by atoms with E-state index in [-0.39, 0.29) is 6.09 Å². The highest BCUT2D eigenvalue weighted by atomic mass is 16.6. The van der Waals surface area contributed by atoms with Gasteiger partial charge in [-0.1, -0.05) is 13.8 Å². The third-order valence-electron chi connectivity index (χ3n) is 1.67. The molecule has 0 aliphatic carbocycles. The zero-order valence-corrected chi connectivity index (χ0v) is 9.12. The summed E-state index contributed by atoms with van der Waals surface area (Å²) in [6, 6.07) is 2.00. The number of rotatable bonds is 5. The summed E-state index contributed by atoms with van der Waals surface area (Å²) in [6.45, 7) is 7.30. The summed E-state index contributed by atoms with van der Waals surface area (Å²) >= 11 is 0.